The summed E-state index contributed by atoms with van der Waals surface area (Å²) in [7, 11) is 3.38. The minimum atomic E-state index is -0.0254. The average molecular weight is 276 g/mol. The van der Waals surface area contributed by atoms with Crippen molar-refractivity contribution in [1.29, 1.82) is 0 Å². The maximum absolute atomic E-state index is 12.2. The number of aromatic nitrogens is 1. The van der Waals surface area contributed by atoms with Gasteiger partial charge in [0.15, 0.2) is 0 Å². The van der Waals surface area contributed by atoms with Crippen LogP contribution in [0.25, 0.3) is 10.9 Å². The number of aryl methyl sites for hydroxylation is 1. The minimum absolute atomic E-state index is 0.00288. The van der Waals surface area contributed by atoms with Crippen molar-refractivity contribution < 1.29 is 4.79 Å². The van der Waals surface area contributed by atoms with Crippen LogP contribution in [0.2, 0.25) is 0 Å². The maximum Gasteiger partial charge on any atom is 0.254 e. The van der Waals surface area contributed by atoms with Crippen LogP contribution in [0.4, 0.5) is 0 Å². The average Bonchev–Trinajstić information content (AvgIpc) is 2.44. The SMILES string of the molecule is CNC(=O)CSCc1cc2ccccc2n(C)c1=O. The second-order valence-corrected chi connectivity index (χ2v) is 5.24. The van der Waals surface area contributed by atoms with Gasteiger partial charge in [0.05, 0.1) is 11.3 Å². The summed E-state index contributed by atoms with van der Waals surface area (Å²) < 4.78 is 1.66. The Kier molecular flexibility index (Phi) is 4.27. The van der Waals surface area contributed by atoms with Crippen molar-refractivity contribution in [3.8, 4) is 0 Å². The number of benzene rings is 1. The lowest BCUT2D eigenvalue weighted by Crippen LogP contribution is -2.22. The van der Waals surface area contributed by atoms with Gasteiger partial charge in [-0.2, -0.15) is 0 Å². The van der Waals surface area contributed by atoms with Gasteiger partial charge in [-0.1, -0.05) is 18.2 Å². The Balaban J connectivity index is 2.26. The van der Waals surface area contributed by atoms with Crippen LogP contribution >= 0.6 is 11.8 Å². The highest BCUT2D eigenvalue weighted by Crippen LogP contribution is 2.15. The molecule has 0 fully saturated rings. The van der Waals surface area contributed by atoms with E-state index in [4.69, 9.17) is 0 Å². The van der Waals surface area contributed by atoms with Crippen molar-refractivity contribution in [2.45, 2.75) is 5.75 Å². The Bertz CT molecular complexity index is 664. The van der Waals surface area contributed by atoms with Gasteiger partial charge in [-0.15, -0.1) is 11.8 Å². The summed E-state index contributed by atoms with van der Waals surface area (Å²) >= 11 is 1.45. The second kappa shape index (κ2) is 5.93. The Hall–Kier alpha value is -1.75. The Morgan fingerprint density at radius 1 is 1.37 bits per heavy atom. The molecule has 1 heterocycles. The van der Waals surface area contributed by atoms with Gasteiger partial charge >= 0.3 is 0 Å². The van der Waals surface area contributed by atoms with E-state index in [1.54, 1.807) is 18.7 Å². The van der Waals surface area contributed by atoms with Crippen molar-refractivity contribution in [3.05, 3.63) is 46.2 Å². The Morgan fingerprint density at radius 3 is 2.84 bits per heavy atom. The number of carbonyl (C=O) groups excluding carboxylic acids is 1. The molecule has 0 radical (unpaired) electrons. The van der Waals surface area contributed by atoms with Crippen LogP contribution in [0.3, 0.4) is 0 Å². The van der Waals surface area contributed by atoms with Gasteiger partial charge in [0.25, 0.3) is 5.56 Å². The molecule has 4 nitrogen and oxygen atoms in total. The predicted octanol–water partition coefficient (Wildman–Crippen LogP) is 1.52. The zero-order valence-electron chi connectivity index (χ0n) is 11.0. The first-order valence-electron chi connectivity index (χ1n) is 5.99. The van der Waals surface area contributed by atoms with Gasteiger partial charge in [0, 0.05) is 25.4 Å². The highest BCUT2D eigenvalue weighted by molar-refractivity contribution is 7.99. The molecule has 1 aromatic carbocycles. The normalized spacial score (nSPS) is 10.6. The first-order valence-corrected chi connectivity index (χ1v) is 7.15. The molecule has 5 heteroatoms. The molecule has 1 aromatic heterocycles. The monoisotopic (exact) mass is 276 g/mol. The lowest BCUT2D eigenvalue weighted by molar-refractivity contribution is -0.118. The molecule has 0 aliphatic heterocycles. The van der Waals surface area contributed by atoms with E-state index in [0.29, 0.717) is 11.5 Å². The molecule has 100 valence electrons. The molecular formula is C14H16N2O2S. The van der Waals surface area contributed by atoms with E-state index in [-0.39, 0.29) is 11.5 Å². The fourth-order valence-corrected chi connectivity index (χ4v) is 2.78. The maximum atomic E-state index is 12.2. The lowest BCUT2D eigenvalue weighted by atomic mass is 10.1. The largest absolute Gasteiger partial charge is 0.358 e. The third kappa shape index (κ3) is 2.98. The van der Waals surface area contributed by atoms with E-state index in [1.165, 1.54) is 11.8 Å². The van der Waals surface area contributed by atoms with Crippen molar-refractivity contribution >= 4 is 28.6 Å². The topological polar surface area (TPSA) is 51.1 Å². The molecular weight excluding hydrogens is 260 g/mol. The number of nitrogens with zero attached hydrogens (tertiary/aromatic N) is 1. The van der Waals surface area contributed by atoms with Crippen LogP contribution in [0.1, 0.15) is 5.56 Å². The fraction of sp³-hybridized carbons (Fsp3) is 0.286. The molecule has 0 saturated carbocycles. The van der Waals surface area contributed by atoms with E-state index >= 15 is 0 Å². The number of nitrogens with one attached hydrogen (secondary N) is 1. The number of carbonyl (C=O) groups is 1. The van der Waals surface area contributed by atoms with E-state index in [2.05, 4.69) is 5.32 Å². The molecule has 2 rings (SSSR count). The van der Waals surface area contributed by atoms with E-state index in [9.17, 15) is 9.59 Å². The molecule has 0 atom stereocenters. The summed E-state index contributed by atoms with van der Waals surface area (Å²) in [6.45, 7) is 0. The van der Waals surface area contributed by atoms with Gasteiger partial charge in [0.2, 0.25) is 5.91 Å². The first kappa shape index (κ1) is 13.7. The third-order valence-electron chi connectivity index (χ3n) is 2.98. The molecule has 1 N–H and O–H groups in total. The Morgan fingerprint density at radius 2 is 2.11 bits per heavy atom. The standard InChI is InChI=1S/C14H16N2O2S/c1-15-13(17)9-19-8-11-7-10-5-3-4-6-12(10)16(2)14(11)18/h3-7H,8-9H2,1-2H3,(H,15,17). The molecule has 0 aliphatic rings. The molecule has 2 aromatic rings. The van der Waals surface area contributed by atoms with Gasteiger partial charge in [0.1, 0.15) is 0 Å². The molecule has 1 amide bonds. The van der Waals surface area contributed by atoms with E-state index < -0.39 is 0 Å². The van der Waals surface area contributed by atoms with Crippen molar-refractivity contribution in [2.24, 2.45) is 7.05 Å². The van der Waals surface area contributed by atoms with Crippen LogP contribution in [0, 0.1) is 0 Å². The number of rotatable bonds is 4. The fourth-order valence-electron chi connectivity index (χ4n) is 1.92. The van der Waals surface area contributed by atoms with Crippen LogP contribution < -0.4 is 10.9 Å². The molecule has 0 saturated heterocycles. The molecule has 0 aliphatic carbocycles. The number of amides is 1. The summed E-state index contributed by atoms with van der Waals surface area (Å²) in [6.07, 6.45) is 0. The third-order valence-corrected chi connectivity index (χ3v) is 3.96. The summed E-state index contributed by atoms with van der Waals surface area (Å²) in [4.78, 5) is 23.3. The summed E-state index contributed by atoms with van der Waals surface area (Å²) in [5, 5.41) is 3.61. The highest BCUT2D eigenvalue weighted by Gasteiger charge is 2.07. The van der Waals surface area contributed by atoms with Crippen molar-refractivity contribution in [2.75, 3.05) is 12.8 Å². The molecule has 0 spiro atoms. The second-order valence-electron chi connectivity index (χ2n) is 4.26. The summed E-state index contributed by atoms with van der Waals surface area (Å²) in [6, 6.07) is 9.70. The summed E-state index contributed by atoms with van der Waals surface area (Å²) in [5.41, 5.74) is 1.66. The quantitative estimate of drug-likeness (QED) is 0.921. The van der Waals surface area contributed by atoms with Crippen molar-refractivity contribution in [3.63, 3.8) is 0 Å². The zero-order chi connectivity index (χ0) is 13.8. The van der Waals surface area contributed by atoms with Crippen LogP contribution in [0.5, 0.6) is 0 Å². The number of hydrogen-bond donors (Lipinski definition) is 1. The van der Waals surface area contributed by atoms with Crippen LogP contribution in [-0.2, 0) is 17.6 Å². The highest BCUT2D eigenvalue weighted by atomic mass is 32.2. The summed E-state index contributed by atoms with van der Waals surface area (Å²) in [5.74, 6) is 0.889. The number of pyridine rings is 1. The van der Waals surface area contributed by atoms with Gasteiger partial charge in [-0.25, -0.2) is 0 Å². The van der Waals surface area contributed by atoms with Crippen LogP contribution in [0.15, 0.2) is 35.1 Å². The molecule has 0 bridgehead atoms. The molecule has 19 heavy (non-hydrogen) atoms. The van der Waals surface area contributed by atoms with Crippen molar-refractivity contribution in [1.82, 2.24) is 9.88 Å². The Labute approximate surface area is 115 Å². The first-order chi connectivity index (χ1) is 9.13. The van der Waals surface area contributed by atoms with E-state index in [1.807, 2.05) is 30.3 Å². The zero-order valence-corrected chi connectivity index (χ0v) is 11.8. The van der Waals surface area contributed by atoms with Crippen LogP contribution in [-0.4, -0.2) is 23.3 Å². The number of para-hydroxylation sites is 1. The smallest absolute Gasteiger partial charge is 0.254 e. The lowest BCUT2D eigenvalue weighted by Gasteiger charge is -2.08. The minimum Gasteiger partial charge on any atom is -0.358 e. The number of hydrogen-bond acceptors (Lipinski definition) is 3. The predicted molar refractivity (Wildman–Crippen MR) is 79.4 cm³/mol. The van der Waals surface area contributed by atoms with Gasteiger partial charge in [-0.3, -0.25) is 9.59 Å². The molecule has 0 unspecified atom stereocenters. The van der Waals surface area contributed by atoms with Gasteiger partial charge in [-0.05, 0) is 17.5 Å². The van der Waals surface area contributed by atoms with E-state index in [0.717, 1.165) is 16.5 Å². The number of fused-ring (bicyclic) bond motifs is 1. The number of thioether (sulfide) groups is 1. The van der Waals surface area contributed by atoms with Gasteiger partial charge < -0.3 is 9.88 Å².